The van der Waals surface area contributed by atoms with Crippen LogP contribution in [0.4, 0.5) is 0 Å². The molecule has 1 aromatic carbocycles. The van der Waals surface area contributed by atoms with Crippen LogP contribution in [-0.2, 0) is 14.2 Å². The van der Waals surface area contributed by atoms with Gasteiger partial charge < -0.3 is 28.8 Å². The Morgan fingerprint density at radius 3 is 2.69 bits per heavy atom. The molecule has 4 heterocycles. The van der Waals surface area contributed by atoms with Crippen molar-refractivity contribution in [3.63, 3.8) is 0 Å². The van der Waals surface area contributed by atoms with Gasteiger partial charge in [-0.05, 0) is 63.0 Å². The van der Waals surface area contributed by atoms with E-state index in [0.29, 0.717) is 47.3 Å². The highest BCUT2D eigenvalue weighted by atomic mass is 16.7. The summed E-state index contributed by atoms with van der Waals surface area (Å²) in [5.41, 5.74) is 2.88. The Kier molecular flexibility index (Phi) is 7.96. The number of phenols is 1. The number of furan rings is 1. The van der Waals surface area contributed by atoms with E-state index in [9.17, 15) is 15.0 Å². The number of hydrogen-bond donors (Lipinski definition) is 2. The number of rotatable bonds is 1. The third-order valence-electron chi connectivity index (χ3n) is 8.79. The first-order chi connectivity index (χ1) is 18.6. The number of hydrogen-bond acceptors (Lipinski definition) is 7. The number of fused-ring (bicyclic) bond motifs is 2. The fraction of sp³-hybridized carbons (Fsp3) is 0.594. The molecule has 0 radical (unpaired) electrons. The molecule has 0 saturated carbocycles. The van der Waals surface area contributed by atoms with Crippen LogP contribution in [0.3, 0.4) is 0 Å². The second-order valence-corrected chi connectivity index (χ2v) is 12.0. The lowest BCUT2D eigenvalue weighted by Crippen LogP contribution is -2.54. The average molecular weight is 539 g/mol. The van der Waals surface area contributed by atoms with Crippen LogP contribution in [-0.4, -0.2) is 46.4 Å². The van der Waals surface area contributed by atoms with Gasteiger partial charge in [0, 0.05) is 30.2 Å². The topological polar surface area (TPSA) is 98.4 Å². The highest BCUT2D eigenvalue weighted by molar-refractivity contribution is 6.08. The summed E-state index contributed by atoms with van der Waals surface area (Å²) in [7, 11) is 0. The Morgan fingerprint density at radius 2 is 1.92 bits per heavy atom. The highest BCUT2D eigenvalue weighted by Gasteiger charge is 2.48. The van der Waals surface area contributed by atoms with Crippen LogP contribution in [0.25, 0.3) is 17.0 Å². The van der Waals surface area contributed by atoms with Gasteiger partial charge in [0.15, 0.2) is 17.1 Å². The second-order valence-electron chi connectivity index (χ2n) is 12.0. The summed E-state index contributed by atoms with van der Waals surface area (Å²) in [4.78, 5) is 13.7. The van der Waals surface area contributed by atoms with E-state index in [0.717, 1.165) is 25.7 Å². The summed E-state index contributed by atoms with van der Waals surface area (Å²) in [6.45, 7) is 10.2. The third kappa shape index (κ3) is 5.67. The standard InChI is InChI=1S/C32H42O7/c1-6-27-19(3)11-12-32(39-27)16-24-15-23(38-32)9-7-18(2)13-20(4)26(33)10-8-22-17-36-30-28(22)25(31(35)37-24)14-21(5)29(30)34/h7-8,10,14,17,19-20,23-24,26-27,33-34H,6,9,11-13,15-16H2,1-5H3/t19-,20+,23+,24-,26+,27+,32+/m0/s1. The number of carbonyl (C=O) groups excluding carboxylic acids is 1. The van der Waals surface area contributed by atoms with Gasteiger partial charge in [-0.1, -0.05) is 44.6 Å². The predicted octanol–water partition coefficient (Wildman–Crippen LogP) is 6.82. The zero-order valence-corrected chi connectivity index (χ0v) is 23.7. The maximum Gasteiger partial charge on any atom is 0.339 e. The van der Waals surface area contributed by atoms with Gasteiger partial charge in [0.2, 0.25) is 0 Å². The van der Waals surface area contributed by atoms with E-state index in [1.165, 1.54) is 11.8 Å². The van der Waals surface area contributed by atoms with Gasteiger partial charge >= 0.3 is 5.97 Å². The van der Waals surface area contributed by atoms with E-state index in [2.05, 4.69) is 26.8 Å². The second kappa shape index (κ2) is 11.1. The lowest BCUT2D eigenvalue weighted by Gasteiger charge is -2.49. The van der Waals surface area contributed by atoms with E-state index >= 15 is 0 Å². The van der Waals surface area contributed by atoms with Crippen LogP contribution < -0.4 is 0 Å². The number of esters is 1. The number of aryl methyl sites for hydroxylation is 1. The smallest absolute Gasteiger partial charge is 0.339 e. The molecule has 1 aromatic heterocycles. The zero-order valence-electron chi connectivity index (χ0n) is 23.7. The van der Waals surface area contributed by atoms with Gasteiger partial charge in [-0.15, -0.1) is 0 Å². The number of benzene rings is 1. The van der Waals surface area contributed by atoms with E-state index in [1.54, 1.807) is 25.1 Å². The van der Waals surface area contributed by atoms with Crippen molar-refractivity contribution in [2.45, 2.75) is 110 Å². The summed E-state index contributed by atoms with van der Waals surface area (Å²) in [5.74, 6) is -0.813. The van der Waals surface area contributed by atoms with E-state index in [-0.39, 0.29) is 35.6 Å². The minimum Gasteiger partial charge on any atom is -0.504 e. The van der Waals surface area contributed by atoms with Crippen molar-refractivity contribution in [1.29, 1.82) is 0 Å². The number of allylic oxidation sites excluding steroid dienone is 1. The first-order valence-corrected chi connectivity index (χ1v) is 14.4. The normalized spacial score (nSPS) is 34.2. The van der Waals surface area contributed by atoms with Gasteiger partial charge in [0.05, 0.1) is 30.1 Å². The van der Waals surface area contributed by atoms with Gasteiger partial charge in [-0.25, -0.2) is 4.79 Å². The van der Waals surface area contributed by atoms with Gasteiger partial charge in [0.25, 0.3) is 0 Å². The fourth-order valence-corrected chi connectivity index (χ4v) is 6.46. The molecule has 2 aromatic rings. The van der Waals surface area contributed by atoms with Crippen LogP contribution in [0.1, 0.15) is 94.1 Å². The molecule has 7 nitrogen and oxygen atoms in total. The molecular formula is C32H42O7. The van der Waals surface area contributed by atoms with Crippen molar-refractivity contribution in [2.75, 3.05) is 0 Å². The number of aliphatic hydroxyl groups is 1. The molecule has 0 aliphatic carbocycles. The van der Waals surface area contributed by atoms with Gasteiger partial charge in [0.1, 0.15) is 6.10 Å². The Bertz CT molecular complexity index is 1270. The molecule has 3 aliphatic rings. The SMILES string of the molecule is CC[C@H]1O[C@]2(CC[C@@H]1C)C[C@@H]1C[C@@H](CC=C(C)C[C@@H](C)[C@H](O)C=Cc3coc4c(O)c(C)cc(c34)C(=O)O1)O2. The minimum absolute atomic E-state index is 0.00861. The summed E-state index contributed by atoms with van der Waals surface area (Å²) in [6, 6.07) is 1.65. The fourth-order valence-electron chi connectivity index (χ4n) is 6.46. The van der Waals surface area contributed by atoms with Gasteiger partial charge in [-0.2, -0.15) is 0 Å². The largest absolute Gasteiger partial charge is 0.504 e. The van der Waals surface area contributed by atoms with Crippen molar-refractivity contribution < 1.29 is 33.6 Å². The molecule has 5 rings (SSSR count). The molecule has 3 aliphatic heterocycles. The van der Waals surface area contributed by atoms with Crippen LogP contribution >= 0.6 is 0 Å². The van der Waals surface area contributed by atoms with Crippen LogP contribution in [0.15, 0.2) is 34.5 Å². The highest BCUT2D eigenvalue weighted by Crippen LogP contribution is 2.44. The lowest BCUT2D eigenvalue weighted by molar-refractivity contribution is -0.334. The van der Waals surface area contributed by atoms with E-state index < -0.39 is 17.9 Å². The first-order valence-electron chi connectivity index (χ1n) is 14.4. The van der Waals surface area contributed by atoms with Crippen molar-refractivity contribution in [1.82, 2.24) is 0 Å². The molecule has 39 heavy (non-hydrogen) atoms. The molecule has 2 saturated heterocycles. The average Bonchev–Trinajstić information content (AvgIpc) is 3.33. The lowest BCUT2D eigenvalue weighted by atomic mass is 9.85. The Hall–Kier alpha value is -2.61. The molecule has 7 heteroatoms. The molecule has 2 bridgehead atoms. The summed E-state index contributed by atoms with van der Waals surface area (Å²) in [5, 5.41) is 22.0. The maximum absolute atomic E-state index is 13.7. The molecule has 212 valence electrons. The third-order valence-corrected chi connectivity index (χ3v) is 8.79. The number of phenolic OH excluding ortho intramolecular Hbond substituents is 1. The number of aliphatic hydroxyl groups excluding tert-OH is 1. The number of aromatic hydroxyl groups is 1. The van der Waals surface area contributed by atoms with Crippen LogP contribution in [0.5, 0.6) is 5.75 Å². The summed E-state index contributed by atoms with van der Waals surface area (Å²) in [6.07, 6.45) is 11.2. The monoisotopic (exact) mass is 538 g/mol. The Morgan fingerprint density at radius 1 is 1.13 bits per heavy atom. The molecule has 1 spiro atoms. The number of ether oxygens (including phenoxy) is 3. The molecular weight excluding hydrogens is 496 g/mol. The molecule has 0 unspecified atom stereocenters. The van der Waals surface area contributed by atoms with Crippen molar-refractivity contribution >= 4 is 23.0 Å². The summed E-state index contributed by atoms with van der Waals surface area (Å²) >= 11 is 0. The first kappa shape index (κ1) is 27.9. The summed E-state index contributed by atoms with van der Waals surface area (Å²) < 4.78 is 25.2. The van der Waals surface area contributed by atoms with Crippen molar-refractivity contribution in [3.8, 4) is 5.75 Å². The maximum atomic E-state index is 13.7. The Balaban J connectivity index is 1.56. The Labute approximate surface area is 230 Å². The number of carbonyl (C=O) groups is 1. The molecule has 2 fully saturated rings. The molecule has 2 N–H and O–H groups in total. The molecule has 0 amide bonds. The van der Waals surface area contributed by atoms with Crippen molar-refractivity contribution in [2.24, 2.45) is 11.8 Å². The predicted molar refractivity (Wildman–Crippen MR) is 149 cm³/mol. The van der Waals surface area contributed by atoms with E-state index in [4.69, 9.17) is 18.6 Å². The van der Waals surface area contributed by atoms with Crippen LogP contribution in [0.2, 0.25) is 0 Å². The van der Waals surface area contributed by atoms with Crippen LogP contribution in [0, 0.1) is 18.8 Å². The zero-order chi connectivity index (χ0) is 27.9. The van der Waals surface area contributed by atoms with Gasteiger partial charge in [-0.3, -0.25) is 0 Å². The van der Waals surface area contributed by atoms with Crippen molar-refractivity contribution in [3.05, 3.63) is 46.7 Å². The quantitative estimate of drug-likeness (QED) is 0.304. The molecule has 7 atom stereocenters. The minimum atomic E-state index is -0.776. The van der Waals surface area contributed by atoms with E-state index in [1.807, 2.05) is 6.92 Å².